The lowest BCUT2D eigenvalue weighted by Crippen LogP contribution is -2.12. The van der Waals surface area contributed by atoms with E-state index in [1.165, 1.54) is 7.11 Å². The van der Waals surface area contributed by atoms with Gasteiger partial charge in [-0.2, -0.15) is 0 Å². The molecule has 0 aliphatic heterocycles. The molecule has 1 amide bonds. The van der Waals surface area contributed by atoms with Gasteiger partial charge in [0.05, 0.1) is 12.8 Å². The largest absolute Gasteiger partial charge is 0.453 e. The molecule has 4 aromatic rings. The number of rotatable bonds is 4. The van der Waals surface area contributed by atoms with Gasteiger partial charge in [-0.1, -0.05) is 29.8 Å². The number of anilines is 1. The Hall–Kier alpha value is -3.58. The summed E-state index contributed by atoms with van der Waals surface area (Å²) in [6.45, 7) is 1.95. The quantitative estimate of drug-likeness (QED) is 0.494. The first kappa shape index (κ1) is 18.8. The smallest absolute Gasteiger partial charge is 0.412 e. The number of nitrogens with zero attached hydrogens (tertiary/aromatic N) is 3. The highest BCUT2D eigenvalue weighted by atomic mass is 35.5. The molecule has 3 heterocycles. The normalized spacial score (nSPS) is 10.7. The van der Waals surface area contributed by atoms with Gasteiger partial charge in [0.15, 0.2) is 0 Å². The third-order valence-electron chi connectivity index (χ3n) is 4.51. The van der Waals surface area contributed by atoms with Crippen LogP contribution in [0, 0.1) is 6.92 Å². The molecule has 0 fully saturated rings. The van der Waals surface area contributed by atoms with Crippen LogP contribution in [-0.2, 0) is 4.74 Å². The van der Waals surface area contributed by atoms with Crippen molar-refractivity contribution in [2.24, 2.45) is 0 Å². The highest BCUT2D eigenvalue weighted by Gasteiger charge is 2.17. The first-order chi connectivity index (χ1) is 14.1. The second kappa shape index (κ2) is 7.81. The molecule has 7 nitrogen and oxygen atoms in total. The van der Waals surface area contributed by atoms with Crippen LogP contribution in [0.1, 0.15) is 5.56 Å². The molecule has 146 valence electrons. The average Bonchev–Trinajstić information content (AvgIpc) is 3.39. The number of hydrogen-bond acceptors (Lipinski definition) is 4. The van der Waals surface area contributed by atoms with Gasteiger partial charge < -0.3 is 14.3 Å². The molecule has 0 unspecified atom stereocenters. The van der Waals surface area contributed by atoms with Crippen LogP contribution in [0.4, 0.5) is 10.6 Å². The number of carbonyl (C=O) groups excluding carboxylic acids is 1. The monoisotopic (exact) mass is 407 g/mol. The summed E-state index contributed by atoms with van der Waals surface area (Å²) in [5, 5.41) is 3.24. The van der Waals surface area contributed by atoms with Crippen LogP contribution in [0.2, 0.25) is 5.02 Å². The Morgan fingerprint density at radius 2 is 1.97 bits per heavy atom. The molecule has 0 saturated carbocycles. The molecule has 8 heteroatoms. The summed E-state index contributed by atoms with van der Waals surface area (Å²) in [6, 6.07) is 9.45. The summed E-state index contributed by atoms with van der Waals surface area (Å²) in [4.78, 5) is 23.3. The molecular formula is C21H18ClN5O2. The predicted octanol–water partition coefficient (Wildman–Crippen LogP) is 5.07. The molecule has 0 atom stereocenters. The van der Waals surface area contributed by atoms with Crippen LogP contribution in [0.15, 0.2) is 61.3 Å². The van der Waals surface area contributed by atoms with Crippen molar-refractivity contribution in [1.29, 1.82) is 0 Å². The number of carbonyl (C=O) groups is 1. The van der Waals surface area contributed by atoms with Crippen molar-refractivity contribution >= 4 is 23.5 Å². The van der Waals surface area contributed by atoms with E-state index in [2.05, 4.69) is 25.0 Å². The zero-order valence-electron chi connectivity index (χ0n) is 15.8. The molecule has 2 N–H and O–H groups in total. The Kier molecular flexibility index (Phi) is 5.05. The minimum atomic E-state index is -0.576. The number of imidazole rings is 1. The summed E-state index contributed by atoms with van der Waals surface area (Å²) < 4.78 is 6.62. The Labute approximate surface area is 172 Å². The van der Waals surface area contributed by atoms with Crippen LogP contribution in [-0.4, -0.2) is 32.7 Å². The number of benzene rings is 1. The second-order valence-electron chi connectivity index (χ2n) is 6.38. The van der Waals surface area contributed by atoms with Crippen molar-refractivity contribution in [2.45, 2.75) is 6.92 Å². The number of halogens is 1. The van der Waals surface area contributed by atoms with Gasteiger partial charge in [0.2, 0.25) is 0 Å². The summed E-state index contributed by atoms with van der Waals surface area (Å²) in [5.74, 6) is 1.13. The van der Waals surface area contributed by atoms with Gasteiger partial charge in [0.1, 0.15) is 11.6 Å². The van der Waals surface area contributed by atoms with Crippen molar-refractivity contribution in [2.75, 3.05) is 12.4 Å². The van der Waals surface area contributed by atoms with Crippen LogP contribution in [0.25, 0.3) is 28.2 Å². The van der Waals surface area contributed by atoms with Gasteiger partial charge in [0.25, 0.3) is 0 Å². The van der Waals surface area contributed by atoms with E-state index in [0.29, 0.717) is 10.8 Å². The molecule has 3 aromatic heterocycles. The minimum absolute atomic E-state index is 0.394. The van der Waals surface area contributed by atoms with Gasteiger partial charge >= 0.3 is 6.09 Å². The van der Waals surface area contributed by atoms with E-state index in [4.69, 9.17) is 11.6 Å². The number of H-pyrrole nitrogens is 1. The summed E-state index contributed by atoms with van der Waals surface area (Å²) in [5.41, 5.74) is 4.54. The Morgan fingerprint density at radius 3 is 2.69 bits per heavy atom. The van der Waals surface area contributed by atoms with Crippen molar-refractivity contribution in [1.82, 2.24) is 19.5 Å². The van der Waals surface area contributed by atoms with Gasteiger partial charge in [-0.05, 0) is 18.6 Å². The molecule has 4 rings (SSSR count). The van der Waals surface area contributed by atoms with Crippen LogP contribution in [0.3, 0.4) is 0 Å². The van der Waals surface area contributed by atoms with Crippen LogP contribution in [0.5, 0.6) is 0 Å². The molecule has 0 saturated heterocycles. The standard InChI is InChI=1S/C21H18ClN5O2/c1-13-10-25-19(26-21(28)29-2)9-18(13)27-11-15(14-5-3-4-6-17(14)22)16(12-27)20-23-7-8-24-20/h3-12H,1-2H3,(H,23,24)(H,25,26,28). The van der Waals surface area contributed by atoms with Crippen LogP contribution >= 0.6 is 11.6 Å². The van der Waals surface area contributed by atoms with Crippen molar-refractivity contribution in [3.8, 4) is 28.2 Å². The first-order valence-electron chi connectivity index (χ1n) is 8.85. The fraction of sp³-hybridized carbons (Fsp3) is 0.0952. The SMILES string of the molecule is COC(=O)Nc1cc(-n2cc(-c3ncc[nH]3)c(-c3ccccc3Cl)c2)c(C)cn1. The van der Waals surface area contributed by atoms with Gasteiger partial charge in [-0.15, -0.1) is 0 Å². The highest BCUT2D eigenvalue weighted by molar-refractivity contribution is 6.33. The number of amides is 1. The number of aromatic nitrogens is 4. The molecule has 0 radical (unpaired) electrons. The van der Waals surface area contributed by atoms with E-state index in [9.17, 15) is 4.79 Å². The zero-order valence-corrected chi connectivity index (χ0v) is 16.6. The fourth-order valence-corrected chi connectivity index (χ4v) is 3.34. The van der Waals surface area contributed by atoms with Crippen molar-refractivity contribution in [3.63, 3.8) is 0 Å². The number of methoxy groups -OCH3 is 1. The van der Waals surface area contributed by atoms with E-state index < -0.39 is 6.09 Å². The number of aryl methyl sites for hydroxylation is 1. The van der Waals surface area contributed by atoms with Crippen molar-refractivity contribution in [3.05, 3.63) is 71.9 Å². The average molecular weight is 408 g/mol. The molecule has 29 heavy (non-hydrogen) atoms. The Morgan fingerprint density at radius 1 is 1.17 bits per heavy atom. The van der Waals surface area contributed by atoms with E-state index in [-0.39, 0.29) is 0 Å². The summed E-state index contributed by atoms with van der Waals surface area (Å²) in [7, 11) is 1.31. The molecule has 0 spiro atoms. The molecule has 0 aliphatic rings. The number of nitrogens with one attached hydrogen (secondary N) is 2. The third kappa shape index (κ3) is 3.72. The molecular weight excluding hydrogens is 390 g/mol. The minimum Gasteiger partial charge on any atom is -0.453 e. The number of ether oxygens (including phenoxy) is 1. The van der Waals surface area contributed by atoms with E-state index in [1.807, 2.05) is 48.1 Å². The summed E-state index contributed by atoms with van der Waals surface area (Å²) in [6.07, 6.45) is 8.57. The summed E-state index contributed by atoms with van der Waals surface area (Å²) >= 11 is 6.47. The first-order valence-corrected chi connectivity index (χ1v) is 9.23. The maximum absolute atomic E-state index is 11.5. The van der Waals surface area contributed by atoms with E-state index >= 15 is 0 Å². The predicted molar refractivity (Wildman–Crippen MR) is 112 cm³/mol. The topological polar surface area (TPSA) is 84.8 Å². The van der Waals surface area contributed by atoms with Gasteiger partial charge in [-0.25, -0.2) is 14.8 Å². The van der Waals surface area contributed by atoms with E-state index in [1.54, 1.807) is 24.7 Å². The van der Waals surface area contributed by atoms with Crippen molar-refractivity contribution < 1.29 is 9.53 Å². The number of hydrogen-bond donors (Lipinski definition) is 2. The second-order valence-corrected chi connectivity index (χ2v) is 6.79. The third-order valence-corrected chi connectivity index (χ3v) is 4.84. The number of aromatic amines is 1. The van der Waals surface area contributed by atoms with Gasteiger partial charge in [-0.3, -0.25) is 5.32 Å². The maximum Gasteiger partial charge on any atom is 0.412 e. The van der Waals surface area contributed by atoms with E-state index in [0.717, 1.165) is 33.8 Å². The molecule has 0 bridgehead atoms. The zero-order chi connectivity index (χ0) is 20.4. The number of pyridine rings is 1. The lowest BCUT2D eigenvalue weighted by Gasteiger charge is -2.10. The Bertz CT molecular complexity index is 1170. The van der Waals surface area contributed by atoms with Gasteiger partial charge in [0, 0.05) is 58.8 Å². The maximum atomic E-state index is 11.5. The van der Waals surface area contributed by atoms with Crippen LogP contribution < -0.4 is 5.32 Å². The molecule has 0 aliphatic carbocycles. The lowest BCUT2D eigenvalue weighted by molar-refractivity contribution is 0.187. The fourth-order valence-electron chi connectivity index (χ4n) is 3.10. The Balaban J connectivity index is 1.86. The highest BCUT2D eigenvalue weighted by Crippen LogP contribution is 2.36. The molecule has 1 aromatic carbocycles. The lowest BCUT2D eigenvalue weighted by atomic mass is 10.0.